The summed E-state index contributed by atoms with van der Waals surface area (Å²) in [5, 5.41) is 2.79. The number of rotatable bonds is 7. The Morgan fingerprint density at radius 2 is 2.12 bits per heavy atom. The van der Waals surface area contributed by atoms with Gasteiger partial charge in [0.05, 0.1) is 18.1 Å². The Bertz CT molecular complexity index is 615. The molecule has 1 aromatic carbocycles. The average Bonchev–Trinajstić information content (AvgIpc) is 2.94. The number of carbonyl (C=O) groups is 3. The van der Waals surface area contributed by atoms with E-state index in [0.29, 0.717) is 30.9 Å². The maximum atomic E-state index is 12.4. The summed E-state index contributed by atoms with van der Waals surface area (Å²) < 4.78 is 4.95. The summed E-state index contributed by atoms with van der Waals surface area (Å²) in [5.74, 6) is -0.928. The van der Waals surface area contributed by atoms with Crippen LogP contribution in [0, 0.1) is 5.92 Å². The normalized spacial score (nSPS) is 17.0. The van der Waals surface area contributed by atoms with Crippen molar-refractivity contribution in [1.29, 1.82) is 0 Å². The van der Waals surface area contributed by atoms with Gasteiger partial charge < -0.3 is 15.0 Å². The Labute approximate surface area is 142 Å². The molecule has 6 nitrogen and oxygen atoms in total. The number of unbranched alkanes of at least 4 members (excludes halogenated alkanes) is 1. The third-order valence-corrected chi connectivity index (χ3v) is 4.01. The molecule has 1 aliphatic rings. The van der Waals surface area contributed by atoms with Crippen LogP contribution in [0.3, 0.4) is 0 Å². The lowest BCUT2D eigenvalue weighted by Crippen LogP contribution is -2.29. The summed E-state index contributed by atoms with van der Waals surface area (Å²) in [4.78, 5) is 37.8. The Morgan fingerprint density at radius 3 is 2.83 bits per heavy atom. The van der Waals surface area contributed by atoms with E-state index in [-0.39, 0.29) is 24.2 Å². The van der Waals surface area contributed by atoms with E-state index in [4.69, 9.17) is 4.74 Å². The molecule has 1 fully saturated rings. The van der Waals surface area contributed by atoms with Crippen LogP contribution in [0.2, 0.25) is 0 Å². The fourth-order valence-corrected chi connectivity index (χ4v) is 2.70. The van der Waals surface area contributed by atoms with Gasteiger partial charge in [-0.05, 0) is 31.5 Å². The zero-order valence-corrected chi connectivity index (χ0v) is 14.2. The molecule has 2 amide bonds. The Hall–Kier alpha value is -2.37. The van der Waals surface area contributed by atoms with Gasteiger partial charge in [-0.3, -0.25) is 9.59 Å². The minimum atomic E-state index is -0.421. The van der Waals surface area contributed by atoms with E-state index >= 15 is 0 Å². The average molecular weight is 332 g/mol. The number of anilines is 1. The number of carbonyl (C=O) groups excluding carboxylic acids is 3. The van der Waals surface area contributed by atoms with Gasteiger partial charge in [-0.1, -0.05) is 19.4 Å². The van der Waals surface area contributed by atoms with Crippen molar-refractivity contribution in [3.63, 3.8) is 0 Å². The summed E-state index contributed by atoms with van der Waals surface area (Å²) in [6.45, 7) is 5.28. The first-order valence-electron chi connectivity index (χ1n) is 8.41. The van der Waals surface area contributed by atoms with Gasteiger partial charge in [0.15, 0.2) is 0 Å². The summed E-state index contributed by atoms with van der Waals surface area (Å²) >= 11 is 0. The molecule has 1 aliphatic heterocycles. The van der Waals surface area contributed by atoms with E-state index in [2.05, 4.69) is 12.2 Å². The molecular formula is C18H24N2O4. The highest BCUT2D eigenvalue weighted by Gasteiger charge is 2.33. The predicted molar refractivity (Wildman–Crippen MR) is 90.6 cm³/mol. The van der Waals surface area contributed by atoms with Crippen LogP contribution in [0.15, 0.2) is 24.3 Å². The largest absolute Gasteiger partial charge is 0.462 e. The monoisotopic (exact) mass is 332 g/mol. The fraction of sp³-hybridized carbons (Fsp3) is 0.500. The quantitative estimate of drug-likeness (QED) is 0.778. The van der Waals surface area contributed by atoms with Crippen LogP contribution in [-0.2, 0) is 14.3 Å². The maximum absolute atomic E-state index is 12.4. The molecule has 0 spiro atoms. The van der Waals surface area contributed by atoms with Crippen molar-refractivity contribution in [1.82, 2.24) is 4.90 Å². The number of nitrogens with one attached hydrogen (secondary N) is 1. The minimum Gasteiger partial charge on any atom is -0.462 e. The van der Waals surface area contributed by atoms with Gasteiger partial charge in [0.1, 0.15) is 0 Å². The zero-order chi connectivity index (χ0) is 17.5. The lowest BCUT2D eigenvalue weighted by atomic mass is 10.1. The molecule has 1 unspecified atom stereocenters. The number of likely N-dealkylation sites (tertiary alicyclic amines) is 1. The maximum Gasteiger partial charge on any atom is 0.338 e. The second kappa shape index (κ2) is 8.47. The van der Waals surface area contributed by atoms with E-state index in [1.807, 2.05) is 0 Å². The van der Waals surface area contributed by atoms with Crippen molar-refractivity contribution in [2.45, 2.75) is 33.1 Å². The number of benzene rings is 1. The van der Waals surface area contributed by atoms with Gasteiger partial charge in [0.2, 0.25) is 11.8 Å². The molecule has 1 heterocycles. The van der Waals surface area contributed by atoms with Gasteiger partial charge in [-0.2, -0.15) is 0 Å². The fourth-order valence-electron chi connectivity index (χ4n) is 2.70. The van der Waals surface area contributed by atoms with Crippen LogP contribution >= 0.6 is 0 Å². The third kappa shape index (κ3) is 4.57. The molecule has 2 rings (SSSR count). The van der Waals surface area contributed by atoms with Gasteiger partial charge >= 0.3 is 5.97 Å². The third-order valence-electron chi connectivity index (χ3n) is 4.01. The summed E-state index contributed by atoms with van der Waals surface area (Å²) in [5.41, 5.74) is 0.923. The van der Waals surface area contributed by atoms with Crippen molar-refractivity contribution < 1.29 is 19.1 Å². The second-order valence-corrected chi connectivity index (χ2v) is 5.88. The van der Waals surface area contributed by atoms with Crippen molar-refractivity contribution in [3.05, 3.63) is 29.8 Å². The van der Waals surface area contributed by atoms with E-state index in [1.54, 1.807) is 36.1 Å². The smallest absolute Gasteiger partial charge is 0.338 e. The highest BCUT2D eigenvalue weighted by molar-refractivity contribution is 5.98. The number of hydrogen-bond donors (Lipinski definition) is 1. The standard InChI is InChI=1S/C18H24N2O4/c1-3-5-9-20-12-14(11-16(20)21)17(22)19-15-8-6-7-13(10-15)18(23)24-4-2/h6-8,10,14H,3-5,9,11-12H2,1-2H3,(H,19,22). The summed E-state index contributed by atoms with van der Waals surface area (Å²) in [6, 6.07) is 6.63. The number of hydrogen-bond acceptors (Lipinski definition) is 4. The number of amides is 2. The first-order chi connectivity index (χ1) is 11.5. The lowest BCUT2D eigenvalue weighted by molar-refractivity contribution is -0.128. The van der Waals surface area contributed by atoms with Gasteiger partial charge in [-0.15, -0.1) is 0 Å². The Kier molecular flexibility index (Phi) is 6.35. The highest BCUT2D eigenvalue weighted by atomic mass is 16.5. The summed E-state index contributed by atoms with van der Waals surface area (Å²) in [6.07, 6.45) is 2.20. The van der Waals surface area contributed by atoms with Gasteiger partial charge in [-0.25, -0.2) is 4.79 Å². The van der Waals surface area contributed by atoms with E-state index in [1.165, 1.54) is 0 Å². The number of ether oxygens (including phenoxy) is 1. The molecule has 0 aromatic heterocycles. The molecule has 6 heteroatoms. The predicted octanol–water partition coefficient (Wildman–Crippen LogP) is 2.45. The van der Waals surface area contributed by atoms with Gasteiger partial charge in [0.25, 0.3) is 0 Å². The van der Waals surface area contributed by atoms with Crippen LogP contribution in [0.5, 0.6) is 0 Å². The minimum absolute atomic E-state index is 0.0314. The van der Waals surface area contributed by atoms with E-state index in [9.17, 15) is 14.4 Å². The number of nitrogens with zero attached hydrogens (tertiary/aromatic N) is 1. The Balaban J connectivity index is 1.96. The molecule has 0 radical (unpaired) electrons. The van der Waals surface area contributed by atoms with Gasteiger partial charge in [0, 0.05) is 25.2 Å². The molecule has 1 atom stereocenters. The van der Waals surface area contributed by atoms with Crippen molar-refractivity contribution in [2.75, 3.05) is 25.0 Å². The molecule has 0 bridgehead atoms. The zero-order valence-electron chi connectivity index (χ0n) is 14.2. The van der Waals surface area contributed by atoms with Crippen LogP contribution in [0.25, 0.3) is 0 Å². The molecule has 1 aromatic rings. The molecule has 24 heavy (non-hydrogen) atoms. The lowest BCUT2D eigenvalue weighted by Gasteiger charge is -2.16. The summed E-state index contributed by atoms with van der Waals surface area (Å²) in [7, 11) is 0. The molecule has 0 aliphatic carbocycles. The second-order valence-electron chi connectivity index (χ2n) is 5.88. The SMILES string of the molecule is CCCCN1CC(C(=O)Nc2cccc(C(=O)OCC)c2)CC1=O. The van der Waals surface area contributed by atoms with E-state index < -0.39 is 5.97 Å². The molecule has 0 saturated carbocycles. The topological polar surface area (TPSA) is 75.7 Å². The van der Waals surface area contributed by atoms with E-state index in [0.717, 1.165) is 12.8 Å². The molecule has 1 saturated heterocycles. The van der Waals surface area contributed by atoms with Crippen LogP contribution in [0.4, 0.5) is 5.69 Å². The van der Waals surface area contributed by atoms with Crippen molar-refractivity contribution >= 4 is 23.5 Å². The van der Waals surface area contributed by atoms with Crippen molar-refractivity contribution in [2.24, 2.45) is 5.92 Å². The molecular weight excluding hydrogens is 308 g/mol. The first-order valence-corrected chi connectivity index (χ1v) is 8.41. The van der Waals surface area contributed by atoms with Crippen LogP contribution in [0.1, 0.15) is 43.5 Å². The molecule has 1 N–H and O–H groups in total. The highest BCUT2D eigenvalue weighted by Crippen LogP contribution is 2.21. The van der Waals surface area contributed by atoms with Crippen LogP contribution in [-0.4, -0.2) is 42.4 Å². The first kappa shape index (κ1) is 18.0. The van der Waals surface area contributed by atoms with Crippen LogP contribution < -0.4 is 5.32 Å². The number of esters is 1. The van der Waals surface area contributed by atoms with Crippen molar-refractivity contribution in [3.8, 4) is 0 Å². The molecule has 130 valence electrons. The Morgan fingerprint density at radius 1 is 1.33 bits per heavy atom.